The van der Waals surface area contributed by atoms with Crippen molar-refractivity contribution < 1.29 is 18.4 Å². The maximum absolute atomic E-state index is 14.3. The molecule has 2 atom stereocenters. The number of imidazole rings is 1. The number of halogens is 2. The zero-order chi connectivity index (χ0) is 26.6. The lowest BCUT2D eigenvalue weighted by Crippen LogP contribution is -2.69. The number of imide groups is 1. The largest absolute Gasteiger partial charge is 0.369 e. The molecular weight excluding hydrogens is 496 g/mol. The molecule has 4 saturated heterocycles. The predicted molar refractivity (Wildman–Crippen MR) is 138 cm³/mol. The van der Waals surface area contributed by atoms with Gasteiger partial charge >= 0.3 is 5.69 Å². The van der Waals surface area contributed by atoms with E-state index >= 15 is 0 Å². The lowest BCUT2D eigenvalue weighted by molar-refractivity contribution is -0.136. The van der Waals surface area contributed by atoms with E-state index in [4.69, 9.17) is 0 Å². The van der Waals surface area contributed by atoms with Gasteiger partial charge in [0.25, 0.3) is 5.92 Å². The van der Waals surface area contributed by atoms with E-state index in [1.165, 1.54) is 0 Å². The number of piperidine rings is 2. The number of nitrogens with one attached hydrogen (secondary N) is 2. The van der Waals surface area contributed by atoms with Gasteiger partial charge in [-0.2, -0.15) is 0 Å². The number of aryl methyl sites for hydroxylation is 1. The fraction of sp³-hybridized carbons (Fsp3) is 0.654. The molecule has 6 rings (SSSR count). The summed E-state index contributed by atoms with van der Waals surface area (Å²) in [7, 11) is 1.74. The Morgan fingerprint density at radius 2 is 1.76 bits per heavy atom. The molecule has 0 radical (unpaired) electrons. The highest BCUT2D eigenvalue weighted by Crippen LogP contribution is 2.32. The molecule has 4 aliphatic rings. The molecule has 4 aliphatic heterocycles. The number of carbonyl (C=O) groups excluding carboxylic acids is 2. The molecule has 2 amide bonds. The quantitative estimate of drug-likeness (QED) is 0.533. The Hall–Kier alpha value is -2.83. The van der Waals surface area contributed by atoms with Crippen LogP contribution in [-0.2, 0) is 23.2 Å². The highest BCUT2D eigenvalue weighted by atomic mass is 19.3. The first kappa shape index (κ1) is 25.4. The van der Waals surface area contributed by atoms with Gasteiger partial charge in [0, 0.05) is 71.0 Å². The highest BCUT2D eigenvalue weighted by molar-refractivity contribution is 5.98. The summed E-state index contributed by atoms with van der Waals surface area (Å²) in [5.74, 6) is -3.66. The van der Waals surface area contributed by atoms with Crippen molar-refractivity contribution in [2.24, 2.45) is 13.0 Å². The first-order valence-electron chi connectivity index (χ1n) is 13.6. The van der Waals surface area contributed by atoms with Crippen LogP contribution in [0, 0.1) is 5.92 Å². The van der Waals surface area contributed by atoms with Gasteiger partial charge in [-0.15, -0.1) is 0 Å². The van der Waals surface area contributed by atoms with Gasteiger partial charge in [0.05, 0.1) is 29.5 Å². The van der Waals surface area contributed by atoms with Crippen LogP contribution in [0.2, 0.25) is 0 Å². The number of piperazine rings is 1. The monoisotopic (exact) mass is 531 g/mol. The smallest absolute Gasteiger partial charge is 0.328 e. The number of anilines is 1. The highest BCUT2D eigenvalue weighted by Gasteiger charge is 2.49. The predicted octanol–water partition coefficient (Wildman–Crippen LogP) is 0.196. The Kier molecular flexibility index (Phi) is 6.51. The molecule has 4 fully saturated rings. The average Bonchev–Trinajstić information content (AvgIpc) is 3.10. The van der Waals surface area contributed by atoms with Crippen LogP contribution in [0.3, 0.4) is 0 Å². The second kappa shape index (κ2) is 9.73. The number of hydrogen-bond donors (Lipinski definition) is 2. The number of benzene rings is 1. The fourth-order valence-corrected chi connectivity index (χ4v) is 6.49. The third-order valence-electron chi connectivity index (χ3n) is 8.86. The zero-order valence-corrected chi connectivity index (χ0v) is 21.7. The number of nitrogens with zero attached hydrogens (tertiary/aromatic N) is 5. The number of hydrogen-bond acceptors (Lipinski definition) is 7. The number of alkyl halides is 2. The average molecular weight is 532 g/mol. The van der Waals surface area contributed by atoms with Gasteiger partial charge in [-0.25, -0.2) is 13.6 Å². The van der Waals surface area contributed by atoms with Gasteiger partial charge in [-0.3, -0.25) is 33.8 Å². The van der Waals surface area contributed by atoms with E-state index < -0.39 is 17.9 Å². The van der Waals surface area contributed by atoms with Crippen LogP contribution in [0.25, 0.3) is 11.0 Å². The van der Waals surface area contributed by atoms with E-state index in [-0.39, 0.29) is 37.0 Å². The van der Waals surface area contributed by atoms with Crippen molar-refractivity contribution in [1.82, 2.24) is 29.6 Å². The van der Waals surface area contributed by atoms with Crippen LogP contribution in [0.1, 0.15) is 19.3 Å². The molecule has 2 N–H and O–H groups in total. The summed E-state index contributed by atoms with van der Waals surface area (Å²) >= 11 is 0. The first-order chi connectivity index (χ1) is 18.2. The number of carbonyl (C=O) groups is 2. The van der Waals surface area contributed by atoms with Gasteiger partial charge < -0.3 is 10.2 Å². The molecule has 0 aliphatic carbocycles. The SMILES string of the molecule is Cn1c(=O)n(CC2CCC(=O)NC2=O)c2ccc(N3CCN(C4CN(C5CCNCC5(F)F)C4)CC3)cc21. The van der Waals surface area contributed by atoms with Gasteiger partial charge in [0.15, 0.2) is 0 Å². The van der Waals surface area contributed by atoms with Crippen LogP contribution in [0.15, 0.2) is 23.0 Å². The molecule has 2 aromatic rings. The van der Waals surface area contributed by atoms with Crippen molar-refractivity contribution in [1.29, 1.82) is 0 Å². The van der Waals surface area contributed by atoms with Crippen LogP contribution in [0.5, 0.6) is 0 Å². The van der Waals surface area contributed by atoms with E-state index in [1.54, 1.807) is 16.2 Å². The summed E-state index contributed by atoms with van der Waals surface area (Å²) in [5.41, 5.74) is 2.43. The minimum Gasteiger partial charge on any atom is -0.369 e. The molecule has 38 heavy (non-hydrogen) atoms. The molecular formula is C26H35F2N7O3. The Balaban J connectivity index is 1.09. The molecule has 206 valence electrons. The van der Waals surface area contributed by atoms with Crippen molar-refractivity contribution in [3.8, 4) is 0 Å². The second-order valence-corrected chi connectivity index (χ2v) is 11.1. The fourth-order valence-electron chi connectivity index (χ4n) is 6.49. The molecule has 0 saturated carbocycles. The number of likely N-dealkylation sites (tertiary alicyclic amines) is 1. The van der Waals surface area contributed by atoms with Crippen LogP contribution >= 0.6 is 0 Å². The van der Waals surface area contributed by atoms with Crippen LogP contribution in [-0.4, -0.2) is 101 Å². The maximum Gasteiger partial charge on any atom is 0.328 e. The summed E-state index contributed by atoms with van der Waals surface area (Å²) in [4.78, 5) is 43.4. The third-order valence-corrected chi connectivity index (χ3v) is 8.86. The molecule has 0 bridgehead atoms. The Morgan fingerprint density at radius 1 is 1.00 bits per heavy atom. The van der Waals surface area contributed by atoms with E-state index in [0.29, 0.717) is 38.5 Å². The number of amides is 2. The number of fused-ring (bicyclic) bond motifs is 1. The summed E-state index contributed by atoms with van der Waals surface area (Å²) in [6.45, 7) is 5.47. The van der Waals surface area contributed by atoms with E-state index in [2.05, 4.69) is 20.4 Å². The third kappa shape index (κ3) is 4.52. The van der Waals surface area contributed by atoms with Crippen molar-refractivity contribution in [3.63, 3.8) is 0 Å². The van der Waals surface area contributed by atoms with Gasteiger partial charge in [-0.05, 0) is 37.6 Å². The molecule has 1 aromatic carbocycles. The second-order valence-electron chi connectivity index (χ2n) is 11.1. The summed E-state index contributed by atoms with van der Waals surface area (Å²) in [6.07, 6.45) is 1.22. The molecule has 10 nitrogen and oxygen atoms in total. The van der Waals surface area contributed by atoms with Crippen LogP contribution in [0.4, 0.5) is 14.5 Å². The Bertz CT molecular complexity index is 1290. The summed E-state index contributed by atoms with van der Waals surface area (Å²) in [6, 6.07) is 5.66. The van der Waals surface area contributed by atoms with Crippen molar-refractivity contribution in [3.05, 3.63) is 28.7 Å². The summed E-state index contributed by atoms with van der Waals surface area (Å²) < 4.78 is 31.8. The Morgan fingerprint density at radius 3 is 2.47 bits per heavy atom. The topological polar surface area (TPSA) is 94.8 Å². The zero-order valence-electron chi connectivity index (χ0n) is 21.7. The minimum absolute atomic E-state index is 0.180. The Labute approximate surface area is 219 Å². The van der Waals surface area contributed by atoms with Crippen molar-refractivity contribution in [2.75, 3.05) is 57.3 Å². The van der Waals surface area contributed by atoms with Gasteiger partial charge in [0.2, 0.25) is 11.8 Å². The normalized spacial score (nSPS) is 27.5. The number of rotatable bonds is 5. The van der Waals surface area contributed by atoms with E-state index in [9.17, 15) is 23.2 Å². The lowest BCUT2D eigenvalue weighted by atomic mass is 9.94. The lowest BCUT2D eigenvalue weighted by Gasteiger charge is -2.53. The minimum atomic E-state index is -2.67. The molecule has 2 unspecified atom stereocenters. The van der Waals surface area contributed by atoms with E-state index in [0.717, 1.165) is 42.9 Å². The first-order valence-corrected chi connectivity index (χ1v) is 13.6. The molecule has 0 spiro atoms. The molecule has 5 heterocycles. The maximum atomic E-state index is 14.3. The van der Waals surface area contributed by atoms with Crippen LogP contribution < -0.4 is 21.2 Å². The number of aromatic nitrogens is 2. The van der Waals surface area contributed by atoms with Crippen molar-refractivity contribution >= 4 is 28.5 Å². The molecule has 12 heteroatoms. The molecule has 1 aromatic heterocycles. The van der Waals surface area contributed by atoms with Gasteiger partial charge in [-0.1, -0.05) is 0 Å². The van der Waals surface area contributed by atoms with E-state index in [1.807, 2.05) is 23.1 Å². The summed E-state index contributed by atoms with van der Waals surface area (Å²) in [5, 5.41) is 5.17. The van der Waals surface area contributed by atoms with Gasteiger partial charge in [0.1, 0.15) is 0 Å². The standard InChI is InChI=1S/C26H35F2N7O3/c1-31-21-12-18(3-4-20(21)35(25(31)38)13-17-2-5-23(36)30-24(17)37)32-8-10-33(11-9-32)19-14-34(15-19)22-6-7-29-16-26(22,27)28/h3-4,12,17,19,22,29H,2,5-11,13-16H2,1H3,(H,30,36,37). The van der Waals surface area contributed by atoms with Crippen molar-refractivity contribution in [2.45, 2.75) is 43.8 Å².